The molecule has 1 fully saturated rings. The van der Waals surface area contributed by atoms with E-state index in [1.807, 2.05) is 0 Å². The first-order valence-electron chi connectivity index (χ1n) is 3.82. The van der Waals surface area contributed by atoms with Gasteiger partial charge in [0.05, 0.1) is 6.10 Å². The molecular formula is C7H14ClNO. The van der Waals surface area contributed by atoms with Gasteiger partial charge in [-0.05, 0) is 25.8 Å². The molecule has 3 heteroatoms. The molecule has 1 heterocycles. The molecule has 10 heavy (non-hydrogen) atoms. The van der Waals surface area contributed by atoms with E-state index in [0.29, 0.717) is 18.3 Å². The summed E-state index contributed by atoms with van der Waals surface area (Å²) < 4.78 is 0. The Hall–Kier alpha value is 0.210. The number of aliphatic hydroxyl groups excluding tert-OH is 1. The molecule has 60 valence electrons. The smallest absolute Gasteiger partial charge is 0.0704 e. The van der Waals surface area contributed by atoms with Crippen molar-refractivity contribution >= 4 is 11.6 Å². The molecule has 1 aliphatic rings. The summed E-state index contributed by atoms with van der Waals surface area (Å²) >= 11 is 5.49. The Kier molecular flexibility index (Phi) is 3.46. The van der Waals surface area contributed by atoms with Gasteiger partial charge in [-0.3, -0.25) is 0 Å². The number of nitrogens with one attached hydrogen (secondary N) is 1. The molecule has 2 atom stereocenters. The zero-order valence-corrected chi connectivity index (χ0v) is 6.77. The molecule has 0 amide bonds. The lowest BCUT2D eigenvalue weighted by Gasteiger charge is -2.16. The lowest BCUT2D eigenvalue weighted by atomic mass is 10.1. The molecule has 1 aliphatic heterocycles. The molecule has 0 spiro atoms. The molecule has 0 bridgehead atoms. The minimum absolute atomic E-state index is 0.236. The maximum absolute atomic E-state index is 9.40. The number of alkyl halides is 1. The molecule has 0 aromatic carbocycles. The number of hydrogen-bond acceptors (Lipinski definition) is 2. The van der Waals surface area contributed by atoms with Crippen LogP contribution in [0, 0.1) is 0 Å². The third kappa shape index (κ3) is 2.11. The fourth-order valence-electron chi connectivity index (χ4n) is 1.35. The third-order valence-corrected chi connectivity index (χ3v) is 2.19. The summed E-state index contributed by atoms with van der Waals surface area (Å²) in [6.45, 7) is 1.05. The summed E-state index contributed by atoms with van der Waals surface area (Å²) in [5, 5.41) is 12.6. The van der Waals surface area contributed by atoms with E-state index >= 15 is 0 Å². The number of aliphatic hydroxyl groups is 1. The van der Waals surface area contributed by atoms with E-state index in [1.165, 1.54) is 6.42 Å². The van der Waals surface area contributed by atoms with Crippen molar-refractivity contribution in [3.63, 3.8) is 0 Å². The molecule has 0 aliphatic carbocycles. The number of hydrogen-bond donors (Lipinski definition) is 2. The fourth-order valence-corrected chi connectivity index (χ4v) is 1.58. The standard InChI is InChI=1S/C7H14ClNO/c8-4-3-7(10)6-2-1-5-9-6/h6-7,9-10H,1-5H2. The van der Waals surface area contributed by atoms with Gasteiger partial charge in [0.2, 0.25) is 0 Å². The van der Waals surface area contributed by atoms with Gasteiger partial charge in [0.1, 0.15) is 0 Å². The SMILES string of the molecule is OC(CCCl)C1CCCN1. The molecular weight excluding hydrogens is 150 g/mol. The van der Waals surface area contributed by atoms with Crippen LogP contribution in [0.15, 0.2) is 0 Å². The quantitative estimate of drug-likeness (QED) is 0.602. The van der Waals surface area contributed by atoms with Gasteiger partial charge in [-0.1, -0.05) is 0 Å². The average molecular weight is 164 g/mol. The first-order valence-corrected chi connectivity index (χ1v) is 4.35. The Bertz CT molecular complexity index is 93.6. The Balaban J connectivity index is 2.18. The van der Waals surface area contributed by atoms with Gasteiger partial charge in [0.15, 0.2) is 0 Å². The first kappa shape index (κ1) is 8.31. The van der Waals surface area contributed by atoms with Gasteiger partial charge in [0, 0.05) is 11.9 Å². The van der Waals surface area contributed by atoms with Crippen molar-refractivity contribution in [1.29, 1.82) is 0 Å². The fraction of sp³-hybridized carbons (Fsp3) is 1.00. The maximum atomic E-state index is 9.40. The van der Waals surface area contributed by atoms with Crippen LogP contribution in [0.3, 0.4) is 0 Å². The van der Waals surface area contributed by atoms with E-state index in [1.54, 1.807) is 0 Å². The highest BCUT2D eigenvalue weighted by Crippen LogP contribution is 2.11. The second kappa shape index (κ2) is 4.16. The Morgan fingerprint density at radius 1 is 1.70 bits per heavy atom. The summed E-state index contributed by atoms with van der Waals surface area (Å²) in [7, 11) is 0. The number of halogens is 1. The van der Waals surface area contributed by atoms with Gasteiger partial charge in [0.25, 0.3) is 0 Å². The van der Waals surface area contributed by atoms with Crippen LogP contribution >= 0.6 is 11.6 Å². The third-order valence-electron chi connectivity index (χ3n) is 1.97. The highest BCUT2D eigenvalue weighted by Gasteiger charge is 2.21. The van der Waals surface area contributed by atoms with Gasteiger partial charge < -0.3 is 10.4 Å². The molecule has 0 aromatic heterocycles. The highest BCUT2D eigenvalue weighted by atomic mass is 35.5. The van der Waals surface area contributed by atoms with E-state index in [0.717, 1.165) is 13.0 Å². The van der Waals surface area contributed by atoms with E-state index in [-0.39, 0.29) is 6.10 Å². The van der Waals surface area contributed by atoms with Crippen molar-refractivity contribution in [1.82, 2.24) is 5.32 Å². The van der Waals surface area contributed by atoms with E-state index in [4.69, 9.17) is 11.6 Å². The van der Waals surface area contributed by atoms with Gasteiger partial charge in [-0.15, -0.1) is 11.6 Å². The second-order valence-electron chi connectivity index (χ2n) is 2.75. The molecule has 2 N–H and O–H groups in total. The van der Waals surface area contributed by atoms with Crippen LogP contribution in [0.2, 0.25) is 0 Å². The van der Waals surface area contributed by atoms with E-state index in [2.05, 4.69) is 5.32 Å². The Labute approximate surface area is 66.6 Å². The lowest BCUT2D eigenvalue weighted by Crippen LogP contribution is -2.34. The molecule has 2 unspecified atom stereocenters. The van der Waals surface area contributed by atoms with Crippen molar-refractivity contribution in [3.8, 4) is 0 Å². The van der Waals surface area contributed by atoms with Crippen molar-refractivity contribution in [2.45, 2.75) is 31.4 Å². The van der Waals surface area contributed by atoms with Crippen LogP contribution < -0.4 is 5.32 Å². The molecule has 0 radical (unpaired) electrons. The van der Waals surface area contributed by atoms with Crippen LogP contribution in [0.5, 0.6) is 0 Å². The highest BCUT2D eigenvalue weighted by molar-refractivity contribution is 6.17. The summed E-state index contributed by atoms with van der Waals surface area (Å²) in [6, 6.07) is 0.304. The number of rotatable bonds is 3. The lowest BCUT2D eigenvalue weighted by molar-refractivity contribution is 0.132. The normalized spacial score (nSPS) is 28.8. The summed E-state index contributed by atoms with van der Waals surface area (Å²) in [4.78, 5) is 0. The van der Waals surface area contributed by atoms with E-state index < -0.39 is 0 Å². The minimum Gasteiger partial charge on any atom is -0.391 e. The zero-order valence-electron chi connectivity index (χ0n) is 6.02. The monoisotopic (exact) mass is 163 g/mol. The summed E-state index contributed by atoms with van der Waals surface area (Å²) in [5.41, 5.74) is 0. The predicted octanol–water partition coefficient (Wildman–Crippen LogP) is 0.728. The van der Waals surface area contributed by atoms with Crippen LogP contribution in [0.25, 0.3) is 0 Å². The molecule has 0 saturated carbocycles. The summed E-state index contributed by atoms with van der Waals surface area (Å²) in [5.74, 6) is 0.555. The van der Waals surface area contributed by atoms with Crippen LogP contribution in [-0.2, 0) is 0 Å². The molecule has 1 saturated heterocycles. The summed E-state index contributed by atoms with van der Waals surface area (Å²) in [6.07, 6.45) is 2.75. The largest absolute Gasteiger partial charge is 0.391 e. The van der Waals surface area contributed by atoms with Crippen molar-refractivity contribution in [2.24, 2.45) is 0 Å². The molecule has 0 aromatic rings. The predicted molar refractivity (Wildman–Crippen MR) is 42.4 cm³/mol. The molecule has 1 rings (SSSR count). The second-order valence-corrected chi connectivity index (χ2v) is 3.13. The topological polar surface area (TPSA) is 32.3 Å². The first-order chi connectivity index (χ1) is 4.84. The van der Waals surface area contributed by atoms with Crippen molar-refractivity contribution in [2.75, 3.05) is 12.4 Å². The molecule has 2 nitrogen and oxygen atoms in total. The average Bonchev–Trinajstić information content (AvgIpc) is 2.38. The van der Waals surface area contributed by atoms with Crippen molar-refractivity contribution in [3.05, 3.63) is 0 Å². The van der Waals surface area contributed by atoms with Crippen LogP contribution in [0.4, 0.5) is 0 Å². The van der Waals surface area contributed by atoms with Crippen LogP contribution in [0.1, 0.15) is 19.3 Å². The Morgan fingerprint density at radius 2 is 2.50 bits per heavy atom. The van der Waals surface area contributed by atoms with Gasteiger partial charge in [-0.25, -0.2) is 0 Å². The maximum Gasteiger partial charge on any atom is 0.0704 e. The van der Waals surface area contributed by atoms with Gasteiger partial charge >= 0.3 is 0 Å². The Morgan fingerprint density at radius 3 is 3.00 bits per heavy atom. The van der Waals surface area contributed by atoms with Crippen LogP contribution in [-0.4, -0.2) is 29.7 Å². The van der Waals surface area contributed by atoms with Gasteiger partial charge in [-0.2, -0.15) is 0 Å². The minimum atomic E-state index is -0.236. The van der Waals surface area contributed by atoms with Crippen molar-refractivity contribution < 1.29 is 5.11 Å². The zero-order chi connectivity index (χ0) is 7.40. The van der Waals surface area contributed by atoms with E-state index in [9.17, 15) is 5.11 Å².